The van der Waals surface area contributed by atoms with E-state index in [0.717, 1.165) is 39.0 Å². The maximum Gasteiger partial charge on any atom is 0.317 e. The molecule has 2 amide bonds. The molecule has 0 aromatic carbocycles. The van der Waals surface area contributed by atoms with E-state index in [1.807, 2.05) is 4.90 Å². The molecule has 2 rings (SSSR count). The minimum Gasteiger partial charge on any atom is -0.335 e. The van der Waals surface area contributed by atoms with E-state index in [-0.39, 0.29) is 6.03 Å². The van der Waals surface area contributed by atoms with Gasteiger partial charge in [0.15, 0.2) is 0 Å². The zero-order chi connectivity index (χ0) is 11.5. The van der Waals surface area contributed by atoms with Crippen LogP contribution >= 0.6 is 0 Å². The van der Waals surface area contributed by atoms with Gasteiger partial charge >= 0.3 is 6.03 Å². The van der Waals surface area contributed by atoms with Crippen molar-refractivity contribution in [2.45, 2.75) is 45.2 Å². The molecule has 2 fully saturated rings. The molecule has 0 unspecified atom stereocenters. The van der Waals surface area contributed by atoms with Gasteiger partial charge in [0.2, 0.25) is 0 Å². The molecule has 4 nitrogen and oxygen atoms in total. The summed E-state index contributed by atoms with van der Waals surface area (Å²) in [6.07, 6.45) is 3.60. The van der Waals surface area contributed by atoms with Gasteiger partial charge < -0.3 is 10.2 Å². The highest BCUT2D eigenvalue weighted by Gasteiger charge is 2.25. The van der Waals surface area contributed by atoms with Crippen LogP contribution in [0.2, 0.25) is 0 Å². The highest BCUT2D eigenvalue weighted by atomic mass is 16.2. The van der Waals surface area contributed by atoms with E-state index in [4.69, 9.17) is 0 Å². The number of carbonyl (C=O) groups is 1. The Morgan fingerprint density at radius 2 is 1.81 bits per heavy atom. The van der Waals surface area contributed by atoms with Crippen LogP contribution in [0.1, 0.15) is 33.1 Å². The van der Waals surface area contributed by atoms with Crippen LogP contribution < -0.4 is 5.32 Å². The van der Waals surface area contributed by atoms with Crippen molar-refractivity contribution in [1.29, 1.82) is 0 Å². The zero-order valence-corrected chi connectivity index (χ0v) is 10.4. The fraction of sp³-hybridized carbons (Fsp3) is 0.917. The van der Waals surface area contributed by atoms with E-state index < -0.39 is 0 Å². The number of rotatable bonds is 2. The van der Waals surface area contributed by atoms with Crippen LogP contribution in [0.5, 0.6) is 0 Å². The lowest BCUT2D eigenvalue weighted by Gasteiger charge is -2.38. The first-order chi connectivity index (χ1) is 7.66. The van der Waals surface area contributed by atoms with E-state index in [0.29, 0.717) is 12.1 Å². The maximum atomic E-state index is 11.9. The van der Waals surface area contributed by atoms with Gasteiger partial charge in [0, 0.05) is 38.3 Å². The SMILES string of the molecule is CC(C)N1CCN(C(=O)NC2CCC2)CC1. The molecule has 1 saturated heterocycles. The molecule has 2 aliphatic rings. The zero-order valence-electron chi connectivity index (χ0n) is 10.4. The summed E-state index contributed by atoms with van der Waals surface area (Å²) in [6.45, 7) is 8.19. The number of carbonyl (C=O) groups excluding carboxylic acids is 1. The summed E-state index contributed by atoms with van der Waals surface area (Å²) in [4.78, 5) is 16.3. The Bertz CT molecular complexity index is 243. The highest BCUT2D eigenvalue weighted by Crippen LogP contribution is 2.18. The Morgan fingerprint density at radius 1 is 1.19 bits per heavy atom. The van der Waals surface area contributed by atoms with E-state index in [2.05, 4.69) is 24.1 Å². The molecule has 16 heavy (non-hydrogen) atoms. The number of piperazine rings is 1. The van der Waals surface area contributed by atoms with E-state index in [1.54, 1.807) is 0 Å². The number of nitrogens with zero attached hydrogens (tertiary/aromatic N) is 2. The quantitative estimate of drug-likeness (QED) is 0.768. The lowest BCUT2D eigenvalue weighted by atomic mass is 9.93. The molecule has 0 aromatic heterocycles. The second-order valence-corrected chi connectivity index (χ2v) is 5.19. The van der Waals surface area contributed by atoms with Gasteiger partial charge in [-0.1, -0.05) is 0 Å². The normalized spacial score (nSPS) is 23.3. The van der Waals surface area contributed by atoms with Crippen LogP contribution in [0.4, 0.5) is 4.79 Å². The molecule has 0 bridgehead atoms. The van der Waals surface area contributed by atoms with Crippen molar-refractivity contribution in [3.63, 3.8) is 0 Å². The molecule has 4 heteroatoms. The molecular formula is C12H23N3O. The Kier molecular flexibility index (Phi) is 3.69. The van der Waals surface area contributed by atoms with Crippen molar-refractivity contribution >= 4 is 6.03 Å². The summed E-state index contributed by atoms with van der Waals surface area (Å²) in [5.74, 6) is 0. The Morgan fingerprint density at radius 3 is 2.25 bits per heavy atom. The highest BCUT2D eigenvalue weighted by molar-refractivity contribution is 5.74. The first kappa shape index (κ1) is 11.7. The summed E-state index contributed by atoms with van der Waals surface area (Å²) in [7, 11) is 0. The third-order valence-corrected chi connectivity index (χ3v) is 3.76. The van der Waals surface area contributed by atoms with Crippen LogP contribution in [0.15, 0.2) is 0 Å². The van der Waals surface area contributed by atoms with E-state index in [1.165, 1.54) is 6.42 Å². The first-order valence-electron chi connectivity index (χ1n) is 6.46. The van der Waals surface area contributed by atoms with Crippen LogP contribution in [0, 0.1) is 0 Å². The molecule has 1 saturated carbocycles. The first-order valence-corrected chi connectivity index (χ1v) is 6.46. The second kappa shape index (κ2) is 5.04. The van der Waals surface area contributed by atoms with Gasteiger partial charge in [-0.05, 0) is 33.1 Å². The molecule has 1 aliphatic heterocycles. The molecule has 92 valence electrons. The summed E-state index contributed by atoms with van der Waals surface area (Å²) < 4.78 is 0. The molecule has 0 atom stereocenters. The number of hydrogen-bond acceptors (Lipinski definition) is 2. The van der Waals surface area contributed by atoms with Gasteiger partial charge in [-0.2, -0.15) is 0 Å². The number of urea groups is 1. The Hall–Kier alpha value is -0.770. The minimum absolute atomic E-state index is 0.146. The Balaban J connectivity index is 1.72. The van der Waals surface area contributed by atoms with Crippen molar-refractivity contribution in [3.8, 4) is 0 Å². The molecule has 1 aliphatic carbocycles. The van der Waals surface area contributed by atoms with Crippen molar-refractivity contribution in [3.05, 3.63) is 0 Å². The average molecular weight is 225 g/mol. The summed E-state index contributed by atoms with van der Waals surface area (Å²) >= 11 is 0. The molecule has 0 aromatic rings. The lowest BCUT2D eigenvalue weighted by molar-refractivity contribution is 0.116. The number of amides is 2. The maximum absolute atomic E-state index is 11.9. The Labute approximate surface area is 98.0 Å². The van der Waals surface area contributed by atoms with Crippen LogP contribution in [-0.2, 0) is 0 Å². The smallest absolute Gasteiger partial charge is 0.317 e. The van der Waals surface area contributed by atoms with Crippen LogP contribution in [-0.4, -0.2) is 54.1 Å². The number of nitrogens with one attached hydrogen (secondary N) is 1. The van der Waals surface area contributed by atoms with Crippen LogP contribution in [0.25, 0.3) is 0 Å². The molecular weight excluding hydrogens is 202 g/mol. The van der Waals surface area contributed by atoms with Crippen molar-refractivity contribution in [2.24, 2.45) is 0 Å². The monoisotopic (exact) mass is 225 g/mol. The van der Waals surface area contributed by atoms with Gasteiger partial charge in [-0.25, -0.2) is 4.79 Å². The average Bonchev–Trinajstić information content (AvgIpc) is 2.23. The third-order valence-electron chi connectivity index (χ3n) is 3.76. The van der Waals surface area contributed by atoms with E-state index in [9.17, 15) is 4.79 Å². The fourth-order valence-corrected chi connectivity index (χ4v) is 2.26. The second-order valence-electron chi connectivity index (χ2n) is 5.19. The topological polar surface area (TPSA) is 35.6 Å². The molecule has 1 N–H and O–H groups in total. The van der Waals surface area contributed by atoms with Gasteiger partial charge in [-0.15, -0.1) is 0 Å². The number of hydrogen-bond donors (Lipinski definition) is 1. The van der Waals surface area contributed by atoms with Crippen molar-refractivity contribution in [1.82, 2.24) is 15.1 Å². The summed E-state index contributed by atoms with van der Waals surface area (Å²) in [5, 5.41) is 3.10. The standard InChI is InChI=1S/C12H23N3O/c1-10(2)14-6-8-15(9-7-14)12(16)13-11-4-3-5-11/h10-11H,3-9H2,1-2H3,(H,13,16). The predicted octanol–water partition coefficient (Wildman–Crippen LogP) is 1.27. The van der Waals surface area contributed by atoms with Gasteiger partial charge in [0.05, 0.1) is 0 Å². The summed E-state index contributed by atoms with van der Waals surface area (Å²) in [6, 6.07) is 1.19. The van der Waals surface area contributed by atoms with Gasteiger partial charge in [-0.3, -0.25) is 4.90 Å². The third kappa shape index (κ3) is 2.67. The largest absolute Gasteiger partial charge is 0.335 e. The van der Waals surface area contributed by atoms with Crippen molar-refractivity contribution < 1.29 is 4.79 Å². The summed E-state index contributed by atoms with van der Waals surface area (Å²) in [5.41, 5.74) is 0. The van der Waals surface area contributed by atoms with Gasteiger partial charge in [0.1, 0.15) is 0 Å². The van der Waals surface area contributed by atoms with Gasteiger partial charge in [0.25, 0.3) is 0 Å². The molecule has 1 heterocycles. The van der Waals surface area contributed by atoms with E-state index >= 15 is 0 Å². The van der Waals surface area contributed by atoms with Crippen molar-refractivity contribution in [2.75, 3.05) is 26.2 Å². The molecule has 0 spiro atoms. The fourth-order valence-electron chi connectivity index (χ4n) is 2.26. The van der Waals surface area contributed by atoms with Crippen LogP contribution in [0.3, 0.4) is 0 Å². The minimum atomic E-state index is 0.146. The lowest BCUT2D eigenvalue weighted by Crippen LogP contribution is -2.55. The predicted molar refractivity (Wildman–Crippen MR) is 64.5 cm³/mol. The molecule has 0 radical (unpaired) electrons.